The molecule has 0 saturated carbocycles. The van der Waals surface area contributed by atoms with Crippen molar-refractivity contribution in [2.75, 3.05) is 19.6 Å². The van der Waals surface area contributed by atoms with Gasteiger partial charge in [0.15, 0.2) is 5.03 Å². The summed E-state index contributed by atoms with van der Waals surface area (Å²) < 4.78 is 27.8. The number of piperidine rings is 1. The fourth-order valence-corrected chi connectivity index (χ4v) is 3.39. The second kappa shape index (κ2) is 6.54. The number of sulfonamides is 1. The Hall–Kier alpha value is -1.45. The number of imidazole rings is 1. The SMILES string of the molecule is Cn1cnc(S(=O)(=O)NCC(=O)N2CCCCC2CN)c1. The van der Waals surface area contributed by atoms with Crippen LogP contribution in [0.15, 0.2) is 17.6 Å². The summed E-state index contributed by atoms with van der Waals surface area (Å²) >= 11 is 0. The van der Waals surface area contributed by atoms with Crippen LogP contribution in [0, 0.1) is 0 Å². The van der Waals surface area contributed by atoms with Crippen molar-refractivity contribution >= 4 is 15.9 Å². The highest BCUT2D eigenvalue weighted by Crippen LogP contribution is 2.16. The number of nitrogens with two attached hydrogens (primary N) is 1. The summed E-state index contributed by atoms with van der Waals surface area (Å²) in [5.74, 6) is -0.246. The highest BCUT2D eigenvalue weighted by Gasteiger charge is 2.27. The smallest absolute Gasteiger partial charge is 0.260 e. The second-order valence-corrected chi connectivity index (χ2v) is 6.89. The van der Waals surface area contributed by atoms with Crippen molar-refractivity contribution in [3.8, 4) is 0 Å². The standard InChI is InChI=1S/C12H21N5O3S/c1-16-8-11(14-9-16)21(19,20)15-7-12(18)17-5-3-2-4-10(17)6-13/h8-10,15H,2-7,13H2,1H3. The zero-order valence-corrected chi connectivity index (χ0v) is 12.8. The second-order valence-electron chi connectivity index (χ2n) is 5.17. The monoisotopic (exact) mass is 315 g/mol. The molecule has 1 atom stereocenters. The summed E-state index contributed by atoms with van der Waals surface area (Å²) in [7, 11) is -2.08. The van der Waals surface area contributed by atoms with Crippen molar-refractivity contribution in [2.45, 2.75) is 30.3 Å². The Morgan fingerprint density at radius 2 is 2.29 bits per heavy atom. The maximum Gasteiger partial charge on any atom is 0.260 e. The van der Waals surface area contributed by atoms with Crippen molar-refractivity contribution in [1.29, 1.82) is 0 Å². The van der Waals surface area contributed by atoms with Gasteiger partial charge in [-0.05, 0) is 19.3 Å². The normalized spacial score (nSPS) is 19.7. The Labute approximate surface area is 124 Å². The fourth-order valence-electron chi connectivity index (χ4n) is 2.43. The van der Waals surface area contributed by atoms with Gasteiger partial charge in [0.2, 0.25) is 5.91 Å². The summed E-state index contributed by atoms with van der Waals surface area (Å²) in [5.41, 5.74) is 5.66. The van der Waals surface area contributed by atoms with Crippen molar-refractivity contribution in [3.63, 3.8) is 0 Å². The summed E-state index contributed by atoms with van der Waals surface area (Å²) in [6, 6.07) is 0.00519. The van der Waals surface area contributed by atoms with Crippen molar-refractivity contribution in [1.82, 2.24) is 19.2 Å². The molecule has 21 heavy (non-hydrogen) atoms. The molecule has 0 radical (unpaired) electrons. The van der Waals surface area contributed by atoms with Gasteiger partial charge in [0.25, 0.3) is 10.0 Å². The van der Waals surface area contributed by atoms with E-state index in [9.17, 15) is 13.2 Å². The molecule has 1 saturated heterocycles. The molecule has 1 aromatic heterocycles. The van der Waals surface area contributed by atoms with Gasteiger partial charge < -0.3 is 15.2 Å². The van der Waals surface area contributed by atoms with Gasteiger partial charge in [0.1, 0.15) is 0 Å². The average Bonchev–Trinajstić information content (AvgIpc) is 2.92. The Bertz CT molecular complexity index is 598. The minimum Gasteiger partial charge on any atom is -0.339 e. The number of aromatic nitrogens is 2. The van der Waals surface area contributed by atoms with Crippen LogP contribution in [0.25, 0.3) is 0 Å². The molecule has 2 rings (SSSR count). The zero-order valence-electron chi connectivity index (χ0n) is 12.0. The van der Waals surface area contributed by atoms with E-state index >= 15 is 0 Å². The molecule has 0 bridgehead atoms. The van der Waals surface area contributed by atoms with E-state index in [-0.39, 0.29) is 23.5 Å². The molecule has 8 nitrogen and oxygen atoms in total. The minimum atomic E-state index is -3.76. The van der Waals surface area contributed by atoms with Crippen LogP contribution >= 0.6 is 0 Å². The van der Waals surface area contributed by atoms with Crippen LogP contribution < -0.4 is 10.5 Å². The number of carbonyl (C=O) groups is 1. The summed E-state index contributed by atoms with van der Waals surface area (Å²) in [4.78, 5) is 17.6. The summed E-state index contributed by atoms with van der Waals surface area (Å²) in [6.07, 6.45) is 5.62. The quantitative estimate of drug-likeness (QED) is 0.727. The molecule has 1 aliphatic rings. The number of hydrogen-bond acceptors (Lipinski definition) is 5. The van der Waals surface area contributed by atoms with Crippen LogP contribution in [0.2, 0.25) is 0 Å². The Balaban J connectivity index is 1.97. The number of nitrogens with zero attached hydrogens (tertiary/aromatic N) is 3. The van der Waals surface area contributed by atoms with Crippen LogP contribution in [0.4, 0.5) is 0 Å². The highest BCUT2D eigenvalue weighted by atomic mass is 32.2. The molecule has 2 heterocycles. The molecular formula is C12H21N5O3S. The number of likely N-dealkylation sites (tertiary alicyclic amines) is 1. The number of aryl methyl sites for hydroxylation is 1. The number of rotatable bonds is 5. The van der Waals surface area contributed by atoms with E-state index in [0.717, 1.165) is 19.3 Å². The van der Waals surface area contributed by atoms with Crippen LogP contribution in [0.5, 0.6) is 0 Å². The van der Waals surface area contributed by atoms with E-state index in [4.69, 9.17) is 5.73 Å². The fraction of sp³-hybridized carbons (Fsp3) is 0.667. The van der Waals surface area contributed by atoms with Crippen LogP contribution in [-0.4, -0.2) is 54.5 Å². The largest absolute Gasteiger partial charge is 0.339 e. The van der Waals surface area contributed by atoms with Gasteiger partial charge in [-0.25, -0.2) is 18.1 Å². The summed E-state index contributed by atoms with van der Waals surface area (Å²) in [5, 5.41) is -0.0909. The van der Waals surface area contributed by atoms with E-state index < -0.39 is 10.0 Å². The van der Waals surface area contributed by atoms with E-state index in [1.807, 2.05) is 0 Å². The molecule has 3 N–H and O–H groups in total. The van der Waals surface area contributed by atoms with Gasteiger partial charge in [-0.15, -0.1) is 0 Å². The third kappa shape index (κ3) is 3.80. The Kier molecular flexibility index (Phi) is 4.96. The lowest BCUT2D eigenvalue weighted by Gasteiger charge is -2.35. The van der Waals surface area contributed by atoms with Gasteiger partial charge in [0, 0.05) is 32.4 Å². The lowest BCUT2D eigenvalue weighted by Crippen LogP contribution is -2.50. The van der Waals surface area contributed by atoms with E-state index in [1.54, 1.807) is 11.9 Å². The molecule has 1 unspecified atom stereocenters. The van der Waals surface area contributed by atoms with Crippen molar-refractivity contribution in [2.24, 2.45) is 12.8 Å². The molecule has 0 aromatic carbocycles. The third-order valence-corrected chi connectivity index (χ3v) is 4.88. The van der Waals surface area contributed by atoms with E-state index in [2.05, 4.69) is 9.71 Å². The summed E-state index contributed by atoms with van der Waals surface area (Å²) in [6.45, 7) is 0.764. The van der Waals surface area contributed by atoms with Crippen LogP contribution in [0.3, 0.4) is 0 Å². The minimum absolute atomic E-state index is 0.00519. The first kappa shape index (κ1) is 15.9. The molecule has 9 heteroatoms. The maximum atomic E-state index is 12.2. The average molecular weight is 315 g/mol. The number of hydrogen-bond donors (Lipinski definition) is 2. The van der Waals surface area contributed by atoms with E-state index in [0.29, 0.717) is 13.1 Å². The molecule has 1 fully saturated rings. The highest BCUT2D eigenvalue weighted by molar-refractivity contribution is 7.89. The first-order chi connectivity index (χ1) is 9.94. The number of carbonyl (C=O) groups excluding carboxylic acids is 1. The lowest BCUT2D eigenvalue weighted by atomic mass is 10.0. The van der Waals surface area contributed by atoms with Gasteiger partial charge in [-0.1, -0.05) is 0 Å². The number of nitrogens with one attached hydrogen (secondary N) is 1. The zero-order chi connectivity index (χ0) is 15.5. The Morgan fingerprint density at radius 3 is 2.90 bits per heavy atom. The number of amides is 1. The Morgan fingerprint density at radius 1 is 1.52 bits per heavy atom. The van der Waals surface area contributed by atoms with Crippen LogP contribution in [-0.2, 0) is 21.9 Å². The predicted octanol–water partition coefficient (Wildman–Crippen LogP) is -0.962. The molecule has 0 spiro atoms. The van der Waals surface area contributed by atoms with Gasteiger partial charge >= 0.3 is 0 Å². The lowest BCUT2D eigenvalue weighted by molar-refractivity contribution is -0.133. The molecule has 118 valence electrons. The first-order valence-electron chi connectivity index (χ1n) is 6.91. The maximum absolute atomic E-state index is 12.2. The van der Waals surface area contributed by atoms with Gasteiger partial charge in [0.05, 0.1) is 12.9 Å². The predicted molar refractivity (Wildman–Crippen MR) is 76.8 cm³/mol. The third-order valence-electron chi connectivity index (χ3n) is 3.59. The van der Waals surface area contributed by atoms with Gasteiger partial charge in [-0.2, -0.15) is 0 Å². The molecule has 1 aliphatic heterocycles. The first-order valence-corrected chi connectivity index (χ1v) is 8.39. The van der Waals surface area contributed by atoms with Crippen molar-refractivity contribution < 1.29 is 13.2 Å². The van der Waals surface area contributed by atoms with Gasteiger partial charge in [-0.3, -0.25) is 4.79 Å². The topological polar surface area (TPSA) is 110 Å². The molecule has 1 amide bonds. The molecule has 0 aliphatic carbocycles. The van der Waals surface area contributed by atoms with Crippen molar-refractivity contribution in [3.05, 3.63) is 12.5 Å². The van der Waals surface area contributed by atoms with E-state index in [1.165, 1.54) is 17.1 Å². The molecule has 1 aromatic rings. The van der Waals surface area contributed by atoms with Crippen LogP contribution in [0.1, 0.15) is 19.3 Å². The molecular weight excluding hydrogens is 294 g/mol.